The third-order valence-electron chi connectivity index (χ3n) is 6.18. The van der Waals surface area contributed by atoms with Gasteiger partial charge >= 0.3 is 11.9 Å². The Kier molecular flexibility index (Phi) is 9.35. The van der Waals surface area contributed by atoms with Gasteiger partial charge in [-0.1, -0.05) is 66.7 Å². The number of aliphatic carboxylic acids is 2. The summed E-state index contributed by atoms with van der Waals surface area (Å²) < 4.78 is 11.1. The van der Waals surface area contributed by atoms with Crippen molar-refractivity contribution in [2.45, 2.75) is 0 Å². The lowest BCUT2D eigenvalue weighted by Gasteiger charge is -2.18. The van der Waals surface area contributed by atoms with E-state index in [1.54, 1.807) is 14.2 Å². The summed E-state index contributed by atoms with van der Waals surface area (Å²) in [5.74, 6) is -1.05. The number of fused-ring (bicyclic) bond motifs is 1. The van der Waals surface area contributed by atoms with Crippen molar-refractivity contribution in [2.75, 3.05) is 30.7 Å². The largest absolute Gasteiger partial charge is 0.496 e. The first kappa shape index (κ1) is 28.4. The number of aromatic nitrogens is 1. The second kappa shape index (κ2) is 13.5. The van der Waals surface area contributed by atoms with E-state index in [1.807, 2.05) is 60.8 Å². The maximum Gasteiger partial charge on any atom is 0.414 e. The van der Waals surface area contributed by atoms with Gasteiger partial charge in [-0.3, -0.25) is 0 Å². The zero-order valence-corrected chi connectivity index (χ0v) is 22.5. The highest BCUT2D eigenvalue weighted by Crippen LogP contribution is 2.43. The SMILES string of the molecule is COc1ccccc1/C=C/c1cccc2c1N(/C=C/c1ccccc1OC)CN2c1ccccn1.O=C(O)C(=O)O. The lowest BCUT2D eigenvalue weighted by atomic mass is 10.1. The zero-order valence-electron chi connectivity index (χ0n) is 22.5. The van der Waals surface area contributed by atoms with Crippen LogP contribution in [0.5, 0.6) is 11.5 Å². The van der Waals surface area contributed by atoms with Crippen LogP contribution in [0.15, 0.2) is 97.3 Å². The number of carbonyl (C=O) groups is 2. The zero-order chi connectivity index (χ0) is 29.2. The Morgan fingerprint density at radius 3 is 1.88 bits per heavy atom. The van der Waals surface area contributed by atoms with E-state index in [2.05, 4.69) is 69.5 Å². The Bertz CT molecular complexity index is 1560. The van der Waals surface area contributed by atoms with Gasteiger partial charge in [0.15, 0.2) is 0 Å². The standard InChI is InChI=1S/C30H27N3O2.C2H2O4/c1-34-27-14-5-3-10-23(27)17-18-25-12-9-13-26-30(25)32(22-33(26)29-16-7-8-20-31-29)21-19-24-11-4-6-15-28(24)35-2;3-1(4)2(5)6/h3-21H,22H2,1-2H3;(H,3,4)(H,5,6)/b18-17+,21-19+;. The second-order valence-electron chi connectivity index (χ2n) is 8.69. The number of rotatable bonds is 7. The van der Waals surface area contributed by atoms with Crippen molar-refractivity contribution in [2.24, 2.45) is 0 Å². The van der Waals surface area contributed by atoms with Gasteiger partial charge in [-0.05, 0) is 36.4 Å². The van der Waals surface area contributed by atoms with Gasteiger partial charge in [0.2, 0.25) is 0 Å². The molecular formula is C32H29N3O6. The first-order valence-electron chi connectivity index (χ1n) is 12.6. The Morgan fingerprint density at radius 1 is 0.732 bits per heavy atom. The van der Waals surface area contributed by atoms with Gasteiger partial charge in [0.1, 0.15) is 24.0 Å². The first-order chi connectivity index (χ1) is 19.9. The lowest BCUT2D eigenvalue weighted by Crippen LogP contribution is -2.24. The maximum atomic E-state index is 9.10. The minimum atomic E-state index is -1.82. The highest BCUT2D eigenvalue weighted by atomic mass is 16.5. The van der Waals surface area contributed by atoms with Crippen LogP contribution in [0.2, 0.25) is 0 Å². The van der Waals surface area contributed by atoms with Gasteiger partial charge in [-0.15, -0.1) is 0 Å². The molecule has 0 saturated carbocycles. The summed E-state index contributed by atoms with van der Waals surface area (Å²) in [5.41, 5.74) is 5.39. The minimum absolute atomic E-state index is 0.650. The van der Waals surface area contributed by atoms with Crippen LogP contribution in [0, 0.1) is 0 Å². The summed E-state index contributed by atoms with van der Waals surface area (Å²) in [6, 6.07) is 28.4. The molecule has 1 aliphatic heterocycles. The normalized spacial score (nSPS) is 12.1. The molecule has 0 bridgehead atoms. The van der Waals surface area contributed by atoms with Crippen LogP contribution in [0.4, 0.5) is 17.2 Å². The van der Waals surface area contributed by atoms with E-state index >= 15 is 0 Å². The second-order valence-corrected chi connectivity index (χ2v) is 8.69. The number of carboxylic acid groups (broad SMARTS) is 2. The van der Waals surface area contributed by atoms with E-state index in [0.29, 0.717) is 6.67 Å². The lowest BCUT2D eigenvalue weighted by molar-refractivity contribution is -0.159. The Morgan fingerprint density at radius 2 is 1.29 bits per heavy atom. The van der Waals surface area contributed by atoms with Gasteiger partial charge in [-0.2, -0.15) is 0 Å². The van der Waals surface area contributed by atoms with Gasteiger partial charge in [-0.25, -0.2) is 14.6 Å². The van der Waals surface area contributed by atoms with E-state index in [-0.39, 0.29) is 0 Å². The number of nitrogens with zero attached hydrogens (tertiary/aromatic N) is 3. The summed E-state index contributed by atoms with van der Waals surface area (Å²) in [5, 5.41) is 14.8. The third-order valence-corrected chi connectivity index (χ3v) is 6.18. The molecule has 5 rings (SSSR count). The van der Waals surface area contributed by atoms with Crippen molar-refractivity contribution in [3.63, 3.8) is 0 Å². The quantitative estimate of drug-likeness (QED) is 0.211. The van der Waals surface area contributed by atoms with E-state index in [4.69, 9.17) is 29.3 Å². The number of benzene rings is 3. The molecule has 4 aromatic rings. The number of anilines is 3. The van der Waals surface area contributed by atoms with Crippen LogP contribution >= 0.6 is 0 Å². The Hall–Kier alpha value is -5.57. The number of ether oxygens (including phenoxy) is 2. The number of hydrogen-bond acceptors (Lipinski definition) is 7. The summed E-state index contributed by atoms with van der Waals surface area (Å²) in [4.78, 5) is 27.3. The molecule has 0 amide bonds. The Labute approximate surface area is 237 Å². The summed E-state index contributed by atoms with van der Waals surface area (Å²) >= 11 is 0. The van der Waals surface area contributed by atoms with Crippen LogP contribution in [-0.2, 0) is 9.59 Å². The molecular weight excluding hydrogens is 522 g/mol. The van der Waals surface area contributed by atoms with E-state index in [9.17, 15) is 0 Å². The molecule has 0 spiro atoms. The minimum Gasteiger partial charge on any atom is -0.496 e. The molecule has 0 aliphatic carbocycles. The average Bonchev–Trinajstić information content (AvgIpc) is 3.39. The van der Waals surface area contributed by atoms with Crippen LogP contribution in [0.3, 0.4) is 0 Å². The molecule has 0 radical (unpaired) electrons. The fraction of sp³-hybridized carbons (Fsp3) is 0.0938. The topological polar surface area (TPSA) is 112 Å². The molecule has 0 atom stereocenters. The smallest absolute Gasteiger partial charge is 0.414 e. The highest BCUT2D eigenvalue weighted by molar-refractivity contribution is 6.27. The number of pyridine rings is 1. The average molecular weight is 552 g/mol. The van der Waals surface area contributed by atoms with Crippen LogP contribution in [0.1, 0.15) is 16.7 Å². The van der Waals surface area contributed by atoms with Gasteiger partial charge < -0.3 is 29.5 Å². The molecule has 1 aromatic heterocycles. The number of carboxylic acids is 2. The van der Waals surface area contributed by atoms with Crippen LogP contribution < -0.4 is 19.3 Å². The molecule has 0 unspecified atom stereocenters. The van der Waals surface area contributed by atoms with Gasteiger partial charge in [0, 0.05) is 29.1 Å². The van der Waals surface area contributed by atoms with Gasteiger partial charge in [0.05, 0.1) is 25.6 Å². The molecule has 2 N–H and O–H groups in total. The highest BCUT2D eigenvalue weighted by Gasteiger charge is 2.28. The first-order valence-corrected chi connectivity index (χ1v) is 12.6. The summed E-state index contributed by atoms with van der Waals surface area (Å²) in [6.45, 7) is 0.650. The number of para-hydroxylation sites is 3. The summed E-state index contributed by atoms with van der Waals surface area (Å²) in [7, 11) is 3.39. The summed E-state index contributed by atoms with van der Waals surface area (Å²) in [6.07, 6.45) is 10.3. The van der Waals surface area contributed by atoms with Crippen LogP contribution in [0.25, 0.3) is 18.2 Å². The molecule has 208 valence electrons. The predicted molar refractivity (Wildman–Crippen MR) is 159 cm³/mol. The van der Waals surface area contributed by atoms with Gasteiger partial charge in [0.25, 0.3) is 0 Å². The molecule has 0 fully saturated rings. The maximum absolute atomic E-state index is 9.10. The molecule has 41 heavy (non-hydrogen) atoms. The molecule has 1 aliphatic rings. The van der Waals surface area contributed by atoms with Crippen molar-refractivity contribution < 1.29 is 29.3 Å². The van der Waals surface area contributed by atoms with E-state index in [1.165, 1.54) is 0 Å². The van der Waals surface area contributed by atoms with Crippen molar-refractivity contribution in [1.82, 2.24) is 4.98 Å². The molecule has 2 heterocycles. The predicted octanol–water partition coefficient (Wildman–Crippen LogP) is 6.01. The fourth-order valence-corrected chi connectivity index (χ4v) is 4.30. The van der Waals surface area contributed by atoms with Crippen LogP contribution in [-0.4, -0.2) is 48.0 Å². The van der Waals surface area contributed by atoms with E-state index in [0.717, 1.165) is 45.4 Å². The van der Waals surface area contributed by atoms with E-state index < -0.39 is 11.9 Å². The van der Waals surface area contributed by atoms with Crippen molar-refractivity contribution in [3.05, 3.63) is 114 Å². The monoisotopic (exact) mass is 551 g/mol. The molecule has 0 saturated heterocycles. The number of hydrogen-bond donors (Lipinski definition) is 2. The third kappa shape index (κ3) is 6.90. The molecule has 3 aromatic carbocycles. The van der Waals surface area contributed by atoms with Crippen molar-refractivity contribution in [1.29, 1.82) is 0 Å². The van der Waals surface area contributed by atoms with Crippen molar-refractivity contribution >= 4 is 47.4 Å². The Balaban J connectivity index is 0.000000585. The molecule has 9 nitrogen and oxygen atoms in total. The van der Waals surface area contributed by atoms with Crippen molar-refractivity contribution in [3.8, 4) is 11.5 Å². The molecule has 9 heteroatoms. The fourth-order valence-electron chi connectivity index (χ4n) is 4.30. The number of methoxy groups -OCH3 is 2.